The van der Waals surface area contributed by atoms with E-state index in [0.29, 0.717) is 17.8 Å². The molecule has 2 heterocycles. The van der Waals surface area contributed by atoms with Crippen LogP contribution >= 0.6 is 11.6 Å². The standard InChI is InChI=1S/C18H11ClF6N4O2/c19-13-7-11(17(20,21)22)9-26-15(13)29-14(5-6-28-29)16(30)27-8-10-1-3-12(4-2-10)31-18(23,24)25/h1-7,9H,8H2,(H,27,30). The van der Waals surface area contributed by atoms with Crippen molar-refractivity contribution in [1.82, 2.24) is 20.1 Å². The molecule has 0 radical (unpaired) electrons. The molecule has 1 aromatic carbocycles. The van der Waals surface area contributed by atoms with Gasteiger partial charge in [0.25, 0.3) is 5.91 Å². The highest BCUT2D eigenvalue weighted by molar-refractivity contribution is 6.32. The lowest BCUT2D eigenvalue weighted by Gasteiger charge is -2.12. The largest absolute Gasteiger partial charge is 0.573 e. The number of nitrogens with zero attached hydrogens (tertiary/aromatic N) is 3. The highest BCUT2D eigenvalue weighted by Gasteiger charge is 2.32. The first-order chi connectivity index (χ1) is 14.4. The second-order valence-electron chi connectivity index (χ2n) is 6.03. The second kappa shape index (κ2) is 8.46. The van der Waals surface area contributed by atoms with E-state index in [1.165, 1.54) is 24.4 Å². The van der Waals surface area contributed by atoms with Crippen molar-refractivity contribution in [2.24, 2.45) is 0 Å². The number of rotatable bonds is 5. The second-order valence-corrected chi connectivity index (χ2v) is 6.44. The molecule has 3 rings (SSSR count). The number of aromatic nitrogens is 3. The molecule has 1 N–H and O–H groups in total. The fourth-order valence-corrected chi connectivity index (χ4v) is 2.71. The predicted molar refractivity (Wildman–Crippen MR) is 95.7 cm³/mol. The van der Waals surface area contributed by atoms with Gasteiger partial charge in [-0.3, -0.25) is 4.79 Å². The maximum Gasteiger partial charge on any atom is 0.573 e. The average Bonchev–Trinajstić information content (AvgIpc) is 3.15. The zero-order valence-electron chi connectivity index (χ0n) is 15.1. The molecule has 0 saturated heterocycles. The molecule has 0 bridgehead atoms. The van der Waals surface area contributed by atoms with E-state index < -0.39 is 29.8 Å². The zero-order chi connectivity index (χ0) is 22.8. The minimum Gasteiger partial charge on any atom is -0.406 e. The summed E-state index contributed by atoms with van der Waals surface area (Å²) in [6, 6.07) is 6.79. The number of alkyl halides is 6. The molecule has 0 spiro atoms. The van der Waals surface area contributed by atoms with E-state index in [9.17, 15) is 31.1 Å². The Morgan fingerprint density at radius 1 is 1.10 bits per heavy atom. The van der Waals surface area contributed by atoms with Gasteiger partial charge >= 0.3 is 12.5 Å². The lowest BCUT2D eigenvalue weighted by molar-refractivity contribution is -0.274. The number of amides is 1. The van der Waals surface area contributed by atoms with Crippen molar-refractivity contribution in [1.29, 1.82) is 0 Å². The Balaban J connectivity index is 1.72. The quantitative estimate of drug-likeness (QED) is 0.552. The Hall–Kier alpha value is -3.28. The summed E-state index contributed by atoms with van der Waals surface area (Å²) in [5, 5.41) is 6.02. The van der Waals surface area contributed by atoms with Crippen LogP contribution in [-0.4, -0.2) is 27.0 Å². The minimum absolute atomic E-state index is 0.0511. The first-order valence-corrected chi connectivity index (χ1v) is 8.72. The van der Waals surface area contributed by atoms with E-state index in [1.54, 1.807) is 0 Å². The third-order valence-corrected chi connectivity index (χ3v) is 4.11. The van der Waals surface area contributed by atoms with Crippen molar-refractivity contribution >= 4 is 17.5 Å². The molecule has 1 amide bonds. The van der Waals surface area contributed by atoms with Crippen molar-refractivity contribution in [2.45, 2.75) is 19.1 Å². The SMILES string of the molecule is O=C(NCc1ccc(OC(F)(F)F)cc1)c1ccnn1-c1ncc(C(F)(F)F)cc1Cl. The monoisotopic (exact) mass is 464 g/mol. The maximum atomic E-state index is 12.8. The van der Waals surface area contributed by atoms with Crippen molar-refractivity contribution in [3.05, 3.63) is 70.6 Å². The van der Waals surface area contributed by atoms with Gasteiger partial charge in [-0.1, -0.05) is 23.7 Å². The molecule has 0 aliphatic carbocycles. The van der Waals surface area contributed by atoms with E-state index in [-0.39, 0.29) is 23.1 Å². The number of pyridine rings is 1. The Labute approximate surface area is 175 Å². The number of hydrogen-bond donors (Lipinski definition) is 1. The third-order valence-electron chi connectivity index (χ3n) is 3.84. The molecule has 0 unspecified atom stereocenters. The number of halogens is 7. The fraction of sp³-hybridized carbons (Fsp3) is 0.167. The molecular weight excluding hydrogens is 454 g/mol. The van der Waals surface area contributed by atoms with Crippen LogP contribution in [-0.2, 0) is 12.7 Å². The van der Waals surface area contributed by atoms with Crippen LogP contribution < -0.4 is 10.1 Å². The van der Waals surface area contributed by atoms with Crippen LogP contribution in [0.2, 0.25) is 5.02 Å². The van der Waals surface area contributed by atoms with Crippen LogP contribution in [0.4, 0.5) is 26.3 Å². The van der Waals surface area contributed by atoms with Crippen molar-refractivity contribution in [3.8, 4) is 11.6 Å². The Morgan fingerprint density at radius 2 is 1.77 bits per heavy atom. The summed E-state index contributed by atoms with van der Waals surface area (Å²) in [6.07, 6.45) is -7.66. The Morgan fingerprint density at radius 3 is 2.35 bits per heavy atom. The van der Waals surface area contributed by atoms with E-state index in [1.807, 2.05) is 0 Å². The molecule has 13 heteroatoms. The summed E-state index contributed by atoms with van der Waals surface area (Å²) >= 11 is 5.89. The van der Waals surface area contributed by atoms with Gasteiger partial charge in [0, 0.05) is 12.7 Å². The molecule has 0 aliphatic rings. The van der Waals surface area contributed by atoms with Crippen molar-refractivity contribution in [2.75, 3.05) is 0 Å². The van der Waals surface area contributed by atoms with Gasteiger partial charge in [0.05, 0.1) is 16.8 Å². The zero-order valence-corrected chi connectivity index (χ0v) is 15.9. The number of hydrogen-bond acceptors (Lipinski definition) is 4. The summed E-state index contributed by atoms with van der Waals surface area (Å²) in [5.74, 6) is -1.26. The van der Waals surface area contributed by atoms with Crippen LogP contribution in [0.5, 0.6) is 5.75 Å². The fourth-order valence-electron chi connectivity index (χ4n) is 2.47. The summed E-state index contributed by atoms with van der Waals surface area (Å²) < 4.78 is 79.6. The van der Waals surface area contributed by atoms with Gasteiger partial charge in [0.2, 0.25) is 0 Å². The van der Waals surface area contributed by atoms with Crippen LogP contribution in [0.3, 0.4) is 0 Å². The molecular formula is C18H11ClF6N4O2. The normalized spacial score (nSPS) is 12.0. The van der Waals surface area contributed by atoms with E-state index in [4.69, 9.17) is 11.6 Å². The van der Waals surface area contributed by atoms with E-state index >= 15 is 0 Å². The van der Waals surface area contributed by atoms with Crippen molar-refractivity contribution in [3.63, 3.8) is 0 Å². The summed E-state index contributed by atoms with van der Waals surface area (Å²) in [6.45, 7) is -0.0511. The number of carbonyl (C=O) groups is 1. The van der Waals surface area contributed by atoms with Gasteiger partial charge in [0.15, 0.2) is 5.82 Å². The summed E-state index contributed by atoms with van der Waals surface area (Å²) in [7, 11) is 0. The minimum atomic E-state index is -4.82. The summed E-state index contributed by atoms with van der Waals surface area (Å²) in [5.41, 5.74) is -0.650. The molecule has 0 aliphatic heterocycles. The third kappa shape index (κ3) is 5.66. The van der Waals surface area contributed by atoms with Crippen LogP contribution in [0, 0.1) is 0 Å². The molecule has 164 valence electrons. The van der Waals surface area contributed by atoms with Gasteiger partial charge in [-0.05, 0) is 29.8 Å². The van der Waals surface area contributed by atoms with Gasteiger partial charge in [-0.15, -0.1) is 13.2 Å². The highest BCUT2D eigenvalue weighted by atomic mass is 35.5. The molecule has 0 fully saturated rings. The Bertz CT molecular complexity index is 1080. The summed E-state index contributed by atoms with van der Waals surface area (Å²) in [4.78, 5) is 16.1. The molecule has 0 atom stereocenters. The van der Waals surface area contributed by atoms with Gasteiger partial charge < -0.3 is 10.1 Å². The maximum absolute atomic E-state index is 12.8. The molecule has 31 heavy (non-hydrogen) atoms. The van der Waals surface area contributed by atoms with Crippen LogP contribution in [0.25, 0.3) is 5.82 Å². The lowest BCUT2D eigenvalue weighted by atomic mass is 10.2. The molecule has 0 saturated carbocycles. The molecule has 6 nitrogen and oxygen atoms in total. The van der Waals surface area contributed by atoms with Crippen LogP contribution in [0.1, 0.15) is 21.6 Å². The van der Waals surface area contributed by atoms with E-state index in [0.717, 1.165) is 16.8 Å². The molecule has 3 aromatic rings. The number of benzene rings is 1. The lowest BCUT2D eigenvalue weighted by Crippen LogP contribution is -2.26. The van der Waals surface area contributed by atoms with E-state index in [2.05, 4.69) is 20.1 Å². The first kappa shape index (κ1) is 22.4. The Kier molecular flexibility index (Phi) is 6.11. The molecule has 2 aromatic heterocycles. The average molecular weight is 465 g/mol. The number of ether oxygens (including phenoxy) is 1. The topological polar surface area (TPSA) is 69.0 Å². The van der Waals surface area contributed by atoms with Crippen LogP contribution in [0.15, 0.2) is 48.8 Å². The van der Waals surface area contributed by atoms with Gasteiger partial charge in [-0.25, -0.2) is 9.67 Å². The number of nitrogens with one attached hydrogen (secondary N) is 1. The van der Waals surface area contributed by atoms with Crippen molar-refractivity contribution < 1.29 is 35.9 Å². The highest BCUT2D eigenvalue weighted by Crippen LogP contribution is 2.32. The van der Waals surface area contributed by atoms with Gasteiger partial charge in [0.1, 0.15) is 11.4 Å². The predicted octanol–water partition coefficient (Wildman–Crippen LogP) is 4.77. The first-order valence-electron chi connectivity index (χ1n) is 8.34. The smallest absolute Gasteiger partial charge is 0.406 e. The number of carbonyl (C=O) groups excluding carboxylic acids is 1. The van der Waals surface area contributed by atoms with Gasteiger partial charge in [-0.2, -0.15) is 18.3 Å².